The Balaban J connectivity index is 1.53. The topological polar surface area (TPSA) is 127 Å². The summed E-state index contributed by atoms with van der Waals surface area (Å²) in [5, 5.41) is 0. The average Bonchev–Trinajstić information content (AvgIpc) is 2.91. The number of fused-ring (bicyclic) bond motifs is 5. The van der Waals surface area contributed by atoms with E-state index < -0.39 is 37.9 Å². The summed E-state index contributed by atoms with van der Waals surface area (Å²) in [5.41, 5.74) is -1.83. The van der Waals surface area contributed by atoms with Gasteiger partial charge in [-0.1, -0.05) is 12.8 Å². The van der Waals surface area contributed by atoms with E-state index in [1.165, 1.54) is 0 Å². The highest BCUT2D eigenvalue weighted by atomic mass is 32.3. The Bertz CT molecular complexity index is 938. The lowest BCUT2D eigenvalue weighted by molar-refractivity contribution is -0.102. The second kappa shape index (κ2) is 7.42. The number of terminal acetylenes is 1. The van der Waals surface area contributed by atoms with Crippen molar-refractivity contribution in [3.63, 3.8) is 0 Å². The third-order valence-electron chi connectivity index (χ3n) is 8.76. The largest absolute Gasteiger partial charge is 0.398 e. The van der Waals surface area contributed by atoms with E-state index in [4.69, 9.17) is 19.3 Å². The van der Waals surface area contributed by atoms with Gasteiger partial charge in [0, 0.05) is 5.41 Å². The van der Waals surface area contributed by atoms with Crippen molar-refractivity contribution in [3.05, 3.63) is 0 Å². The van der Waals surface area contributed by atoms with Crippen LogP contribution in [0.1, 0.15) is 64.7 Å². The van der Waals surface area contributed by atoms with Gasteiger partial charge in [-0.25, -0.2) is 8.37 Å². The molecule has 8 atom stereocenters. The lowest BCUT2D eigenvalue weighted by Gasteiger charge is -2.57. The molecule has 2 N–H and O–H groups in total. The molecule has 4 rings (SSSR count). The summed E-state index contributed by atoms with van der Waals surface area (Å²) >= 11 is 0. The van der Waals surface area contributed by atoms with Gasteiger partial charge in [-0.3, -0.25) is 9.11 Å². The first-order valence-corrected chi connectivity index (χ1v) is 13.4. The molecule has 0 aromatic heterocycles. The summed E-state index contributed by atoms with van der Waals surface area (Å²) in [7, 11) is -9.10. The fourth-order valence-corrected chi connectivity index (χ4v) is 8.85. The molecule has 0 aromatic carbocycles. The Morgan fingerprint density at radius 2 is 1.60 bits per heavy atom. The Kier molecular flexibility index (Phi) is 5.57. The molecule has 0 radical (unpaired) electrons. The summed E-state index contributed by atoms with van der Waals surface area (Å²) in [5.74, 6) is 4.54. The summed E-state index contributed by atoms with van der Waals surface area (Å²) in [6, 6.07) is 0. The second-order valence-electron chi connectivity index (χ2n) is 9.87. The highest BCUT2D eigenvalue weighted by Gasteiger charge is 2.65. The molecular weight excluding hydrogens is 432 g/mol. The maximum Gasteiger partial charge on any atom is 0.398 e. The lowest BCUT2D eigenvalue weighted by Crippen LogP contribution is -2.54. The van der Waals surface area contributed by atoms with Gasteiger partial charge in [0.25, 0.3) is 0 Å². The van der Waals surface area contributed by atoms with Gasteiger partial charge < -0.3 is 0 Å². The number of hydrogen-bond donors (Lipinski definition) is 2. The molecule has 0 unspecified atom stereocenters. The van der Waals surface area contributed by atoms with Crippen LogP contribution in [0.2, 0.25) is 0 Å². The maximum absolute atomic E-state index is 11.5. The van der Waals surface area contributed by atoms with Crippen LogP contribution < -0.4 is 0 Å². The van der Waals surface area contributed by atoms with Crippen LogP contribution in [-0.4, -0.2) is 37.6 Å². The normalized spacial score (nSPS) is 46.3. The zero-order valence-electron chi connectivity index (χ0n) is 17.1. The predicted molar refractivity (Wildman–Crippen MR) is 108 cm³/mol. The van der Waals surface area contributed by atoms with Crippen molar-refractivity contribution in [3.8, 4) is 12.3 Å². The molecule has 0 amide bonds. The van der Waals surface area contributed by atoms with Crippen LogP contribution in [0.5, 0.6) is 0 Å². The molecule has 0 spiro atoms. The number of hydrogen-bond acceptors (Lipinski definition) is 6. The molecule has 8 nitrogen and oxygen atoms in total. The van der Waals surface area contributed by atoms with E-state index >= 15 is 0 Å². The Morgan fingerprint density at radius 3 is 2.23 bits per heavy atom. The molecule has 4 aliphatic carbocycles. The first-order chi connectivity index (χ1) is 13.9. The predicted octanol–water partition coefficient (Wildman–Crippen LogP) is 3.02. The third kappa shape index (κ3) is 3.82. The molecule has 0 heterocycles. The monoisotopic (exact) mass is 462 g/mol. The van der Waals surface area contributed by atoms with E-state index in [0.717, 1.165) is 38.5 Å². The molecule has 0 aromatic rings. The fourth-order valence-electron chi connectivity index (χ4n) is 7.65. The zero-order chi connectivity index (χ0) is 21.9. The molecule has 10 heteroatoms. The van der Waals surface area contributed by atoms with Crippen LogP contribution >= 0.6 is 0 Å². The van der Waals surface area contributed by atoms with Crippen LogP contribution in [0, 0.1) is 47.3 Å². The smallest absolute Gasteiger partial charge is 0.264 e. The third-order valence-corrected chi connectivity index (χ3v) is 9.77. The zero-order valence-corrected chi connectivity index (χ0v) is 18.7. The van der Waals surface area contributed by atoms with E-state index in [2.05, 4.69) is 5.92 Å². The van der Waals surface area contributed by atoms with Gasteiger partial charge in [0.2, 0.25) is 0 Å². The van der Waals surface area contributed by atoms with Crippen LogP contribution in [0.25, 0.3) is 0 Å². The summed E-state index contributed by atoms with van der Waals surface area (Å²) in [6.45, 7) is 2.01. The molecular formula is C20H30O8S2. The van der Waals surface area contributed by atoms with Gasteiger partial charge in [-0.05, 0) is 87.4 Å². The summed E-state index contributed by atoms with van der Waals surface area (Å²) < 4.78 is 73.6. The van der Waals surface area contributed by atoms with Crippen molar-refractivity contribution in [1.29, 1.82) is 0 Å². The number of rotatable bonds is 4. The Morgan fingerprint density at radius 1 is 0.900 bits per heavy atom. The van der Waals surface area contributed by atoms with Crippen molar-refractivity contribution in [2.75, 3.05) is 0 Å². The SMILES string of the molecule is C#C[C@]1(OS(=O)(=O)O)CC[C@H]2[C@@H]3CC[C@H]4C[C@H](OS(=O)(=O)O)CC[C@@H]4[C@H]3CC[C@@]21C. The van der Waals surface area contributed by atoms with Crippen LogP contribution in [0.3, 0.4) is 0 Å². The maximum atomic E-state index is 11.5. The first kappa shape index (κ1) is 22.5. The van der Waals surface area contributed by atoms with Crippen LogP contribution in [0.15, 0.2) is 0 Å². The molecule has 170 valence electrons. The molecule has 0 aliphatic heterocycles. The standard InChI is InChI=1S/C20H30O8S2/c1-3-20(28-30(24,25)26)11-9-18-17-6-4-13-12-14(27-29(21,22)23)5-7-15(13)16(17)8-10-19(18,20)2/h1,13-18H,4-12H2,2H3,(H,21,22,23)(H,24,25,26)/t13-,14+,15-,16+,17+,18-,19-,20-/m0/s1. The quantitative estimate of drug-likeness (QED) is 0.482. The van der Waals surface area contributed by atoms with Gasteiger partial charge in [0.05, 0.1) is 6.10 Å². The Hall–Kier alpha value is -0.700. The van der Waals surface area contributed by atoms with E-state index in [-0.39, 0.29) is 5.92 Å². The molecule has 0 bridgehead atoms. The van der Waals surface area contributed by atoms with Gasteiger partial charge in [-0.15, -0.1) is 6.42 Å². The van der Waals surface area contributed by atoms with E-state index in [0.29, 0.717) is 42.9 Å². The fraction of sp³-hybridized carbons (Fsp3) is 0.900. The van der Waals surface area contributed by atoms with Crippen LogP contribution in [0.4, 0.5) is 0 Å². The van der Waals surface area contributed by atoms with Crippen molar-refractivity contribution in [2.45, 2.75) is 76.4 Å². The molecule has 30 heavy (non-hydrogen) atoms. The van der Waals surface area contributed by atoms with Gasteiger partial charge in [-0.2, -0.15) is 16.8 Å². The molecule has 4 saturated carbocycles. The first-order valence-electron chi connectivity index (χ1n) is 10.7. The molecule has 4 fully saturated rings. The Labute approximate surface area is 179 Å². The van der Waals surface area contributed by atoms with Crippen molar-refractivity contribution in [2.24, 2.45) is 35.0 Å². The van der Waals surface area contributed by atoms with Crippen molar-refractivity contribution < 1.29 is 34.3 Å². The van der Waals surface area contributed by atoms with Gasteiger partial charge in [0.1, 0.15) is 0 Å². The lowest BCUT2D eigenvalue weighted by atomic mass is 9.49. The van der Waals surface area contributed by atoms with E-state index in [1.807, 2.05) is 6.92 Å². The minimum absolute atomic E-state index is 0.224. The van der Waals surface area contributed by atoms with E-state index in [1.54, 1.807) is 0 Å². The minimum Gasteiger partial charge on any atom is -0.264 e. The summed E-state index contributed by atoms with van der Waals surface area (Å²) in [6.07, 6.45) is 12.1. The van der Waals surface area contributed by atoms with Crippen LogP contribution in [-0.2, 0) is 29.2 Å². The summed E-state index contributed by atoms with van der Waals surface area (Å²) in [4.78, 5) is 0. The van der Waals surface area contributed by atoms with Gasteiger partial charge in [0.15, 0.2) is 5.60 Å². The highest BCUT2D eigenvalue weighted by Crippen LogP contribution is 2.66. The van der Waals surface area contributed by atoms with E-state index in [9.17, 15) is 21.4 Å². The van der Waals surface area contributed by atoms with Crippen molar-refractivity contribution >= 4 is 20.8 Å². The second-order valence-corrected chi connectivity index (χ2v) is 11.9. The highest BCUT2D eigenvalue weighted by molar-refractivity contribution is 7.81. The average molecular weight is 463 g/mol. The van der Waals surface area contributed by atoms with Crippen molar-refractivity contribution in [1.82, 2.24) is 0 Å². The van der Waals surface area contributed by atoms with Gasteiger partial charge >= 0.3 is 20.8 Å². The minimum atomic E-state index is -4.66. The molecule has 4 aliphatic rings. The molecule has 0 saturated heterocycles.